The number of nitrogens with zero attached hydrogens (tertiary/aromatic N) is 2. The van der Waals surface area contributed by atoms with Crippen LogP contribution in [0.1, 0.15) is 62.4 Å². The third-order valence-electron chi connectivity index (χ3n) is 4.60. The summed E-state index contributed by atoms with van der Waals surface area (Å²) in [6.07, 6.45) is 7.14. The van der Waals surface area contributed by atoms with E-state index in [1.165, 1.54) is 25.0 Å². The average molecular weight is 281 g/mol. The van der Waals surface area contributed by atoms with Crippen LogP contribution in [-0.2, 0) is 5.41 Å². The van der Waals surface area contributed by atoms with Gasteiger partial charge in [0.2, 0.25) is 5.89 Å². The number of aromatic nitrogens is 2. The van der Waals surface area contributed by atoms with Crippen LogP contribution in [0.15, 0.2) is 4.52 Å². The second-order valence-electron chi connectivity index (χ2n) is 5.70. The fraction of sp³-hybridized carbons (Fsp3) is 0.857. The second kappa shape index (κ2) is 5.83. The maximum atomic E-state index is 5.65. The van der Waals surface area contributed by atoms with Crippen molar-refractivity contribution in [3.8, 4) is 0 Å². The number of piperidine rings is 1. The lowest BCUT2D eigenvalue weighted by Crippen LogP contribution is -2.39. The van der Waals surface area contributed by atoms with Crippen LogP contribution in [0.4, 0.5) is 0 Å². The lowest BCUT2D eigenvalue weighted by Gasteiger charge is -2.33. The van der Waals surface area contributed by atoms with Crippen LogP contribution < -0.4 is 5.32 Å². The zero-order valence-corrected chi connectivity index (χ0v) is 12.5. The first-order chi connectivity index (χ1) is 9.34. The van der Waals surface area contributed by atoms with E-state index in [9.17, 15) is 0 Å². The third kappa shape index (κ3) is 2.68. The number of hydrogen-bond donors (Lipinski definition) is 1. The van der Waals surface area contributed by atoms with E-state index < -0.39 is 0 Å². The summed E-state index contributed by atoms with van der Waals surface area (Å²) < 4.78 is 5.65. The van der Waals surface area contributed by atoms with E-state index in [0.717, 1.165) is 44.1 Å². The van der Waals surface area contributed by atoms with E-state index in [0.29, 0.717) is 5.25 Å². The standard InChI is InChI=1S/C14H23N3OS/c1-2-14(6-8-15-9-7-14)13-16-12(17-18-13)11-5-3-4-10-19-11/h11,15H,2-10H2,1H3. The van der Waals surface area contributed by atoms with Crippen LogP contribution in [0.25, 0.3) is 0 Å². The predicted octanol–water partition coefficient (Wildman–Crippen LogP) is 3.06. The number of rotatable bonds is 3. The second-order valence-corrected chi connectivity index (χ2v) is 7.01. The molecule has 1 N–H and O–H groups in total. The van der Waals surface area contributed by atoms with Crippen molar-refractivity contribution in [2.45, 2.75) is 56.1 Å². The molecule has 106 valence electrons. The number of nitrogens with one attached hydrogen (secondary N) is 1. The quantitative estimate of drug-likeness (QED) is 0.923. The molecule has 0 bridgehead atoms. The summed E-state index contributed by atoms with van der Waals surface area (Å²) >= 11 is 1.99. The Morgan fingerprint density at radius 2 is 2.21 bits per heavy atom. The molecule has 1 aromatic heterocycles. The van der Waals surface area contributed by atoms with E-state index in [4.69, 9.17) is 9.51 Å². The minimum atomic E-state index is 0.121. The number of thioether (sulfide) groups is 1. The molecule has 19 heavy (non-hydrogen) atoms. The fourth-order valence-corrected chi connectivity index (χ4v) is 4.38. The van der Waals surface area contributed by atoms with Gasteiger partial charge in [0, 0.05) is 0 Å². The first-order valence-electron chi connectivity index (χ1n) is 7.50. The minimum Gasteiger partial charge on any atom is -0.339 e. The van der Waals surface area contributed by atoms with Gasteiger partial charge in [-0.25, -0.2) is 0 Å². The molecule has 2 fully saturated rings. The summed E-state index contributed by atoms with van der Waals surface area (Å²) in [7, 11) is 0. The highest BCUT2D eigenvalue weighted by molar-refractivity contribution is 7.99. The smallest absolute Gasteiger partial charge is 0.232 e. The Bertz CT molecular complexity index is 409. The molecule has 3 heterocycles. The van der Waals surface area contributed by atoms with Gasteiger partial charge in [-0.15, -0.1) is 0 Å². The Balaban J connectivity index is 1.79. The summed E-state index contributed by atoms with van der Waals surface area (Å²) in [6, 6.07) is 0. The molecule has 0 amide bonds. The summed E-state index contributed by atoms with van der Waals surface area (Å²) in [5.41, 5.74) is 0.121. The molecule has 1 aromatic rings. The molecule has 3 rings (SSSR count). The molecule has 2 aliphatic rings. The molecule has 0 aliphatic carbocycles. The van der Waals surface area contributed by atoms with Crippen molar-refractivity contribution in [3.05, 3.63) is 11.7 Å². The van der Waals surface area contributed by atoms with Crippen molar-refractivity contribution < 1.29 is 4.52 Å². The maximum absolute atomic E-state index is 5.65. The van der Waals surface area contributed by atoms with Crippen molar-refractivity contribution >= 4 is 11.8 Å². The summed E-state index contributed by atoms with van der Waals surface area (Å²) in [4.78, 5) is 4.77. The Labute approximate surface area is 119 Å². The van der Waals surface area contributed by atoms with Crippen LogP contribution in [0.2, 0.25) is 0 Å². The zero-order chi connectivity index (χ0) is 13.1. The molecule has 2 saturated heterocycles. The minimum absolute atomic E-state index is 0.121. The molecular formula is C14H23N3OS. The lowest BCUT2D eigenvalue weighted by molar-refractivity contribution is 0.216. The first-order valence-corrected chi connectivity index (χ1v) is 8.55. The predicted molar refractivity (Wildman–Crippen MR) is 77.4 cm³/mol. The van der Waals surface area contributed by atoms with Gasteiger partial charge in [0.15, 0.2) is 5.82 Å². The van der Waals surface area contributed by atoms with Crippen molar-refractivity contribution in [1.29, 1.82) is 0 Å². The Morgan fingerprint density at radius 3 is 2.89 bits per heavy atom. The Hall–Kier alpha value is -0.550. The molecule has 5 heteroatoms. The molecule has 1 unspecified atom stereocenters. The largest absolute Gasteiger partial charge is 0.339 e. The van der Waals surface area contributed by atoms with Crippen LogP contribution in [0.3, 0.4) is 0 Å². The van der Waals surface area contributed by atoms with Crippen LogP contribution in [0, 0.1) is 0 Å². The van der Waals surface area contributed by atoms with Gasteiger partial charge >= 0.3 is 0 Å². The van der Waals surface area contributed by atoms with Crippen LogP contribution in [0.5, 0.6) is 0 Å². The fourth-order valence-electron chi connectivity index (χ4n) is 3.15. The molecule has 1 atom stereocenters. The molecule has 0 saturated carbocycles. The van der Waals surface area contributed by atoms with Crippen LogP contribution in [-0.4, -0.2) is 29.0 Å². The molecule has 0 aromatic carbocycles. The zero-order valence-electron chi connectivity index (χ0n) is 11.7. The summed E-state index contributed by atoms with van der Waals surface area (Å²) in [5, 5.41) is 8.16. The highest BCUT2D eigenvalue weighted by Gasteiger charge is 2.38. The highest BCUT2D eigenvalue weighted by atomic mass is 32.2. The van der Waals surface area contributed by atoms with E-state index in [2.05, 4.69) is 17.4 Å². The van der Waals surface area contributed by atoms with E-state index >= 15 is 0 Å². The van der Waals surface area contributed by atoms with Gasteiger partial charge in [-0.3, -0.25) is 0 Å². The van der Waals surface area contributed by atoms with Gasteiger partial charge in [0.1, 0.15) is 0 Å². The topological polar surface area (TPSA) is 51.0 Å². The lowest BCUT2D eigenvalue weighted by atomic mass is 9.76. The van der Waals surface area contributed by atoms with E-state index in [-0.39, 0.29) is 5.41 Å². The molecular weight excluding hydrogens is 258 g/mol. The molecule has 2 aliphatic heterocycles. The van der Waals surface area contributed by atoms with E-state index in [1.807, 2.05) is 11.8 Å². The maximum Gasteiger partial charge on any atom is 0.232 e. The van der Waals surface area contributed by atoms with E-state index in [1.54, 1.807) is 0 Å². The van der Waals surface area contributed by atoms with Gasteiger partial charge in [-0.05, 0) is 50.9 Å². The van der Waals surface area contributed by atoms with Gasteiger partial charge in [0.05, 0.1) is 10.7 Å². The Kier molecular flexibility index (Phi) is 4.12. The molecule has 0 spiro atoms. The average Bonchev–Trinajstić information content (AvgIpc) is 2.99. The molecule has 4 nitrogen and oxygen atoms in total. The van der Waals surface area contributed by atoms with Crippen molar-refractivity contribution in [2.24, 2.45) is 0 Å². The number of hydrogen-bond acceptors (Lipinski definition) is 5. The first kappa shape index (κ1) is 13.4. The third-order valence-corrected chi connectivity index (χ3v) is 5.97. The van der Waals surface area contributed by atoms with Crippen molar-refractivity contribution in [1.82, 2.24) is 15.5 Å². The molecule has 0 radical (unpaired) electrons. The monoisotopic (exact) mass is 281 g/mol. The van der Waals surface area contributed by atoms with Gasteiger partial charge in [-0.1, -0.05) is 18.5 Å². The Morgan fingerprint density at radius 1 is 1.37 bits per heavy atom. The van der Waals surface area contributed by atoms with Crippen molar-refractivity contribution in [3.63, 3.8) is 0 Å². The van der Waals surface area contributed by atoms with Crippen LogP contribution >= 0.6 is 11.8 Å². The summed E-state index contributed by atoms with van der Waals surface area (Å²) in [5.74, 6) is 3.06. The summed E-state index contributed by atoms with van der Waals surface area (Å²) in [6.45, 7) is 4.36. The van der Waals surface area contributed by atoms with Gasteiger partial charge in [-0.2, -0.15) is 16.7 Å². The highest BCUT2D eigenvalue weighted by Crippen LogP contribution is 2.40. The van der Waals surface area contributed by atoms with Gasteiger partial charge < -0.3 is 9.84 Å². The SMILES string of the molecule is CCC1(c2nc(C3CCCCS3)no2)CCNCC1. The normalized spacial score (nSPS) is 27.3. The van der Waals surface area contributed by atoms with Crippen molar-refractivity contribution in [2.75, 3.05) is 18.8 Å². The van der Waals surface area contributed by atoms with Gasteiger partial charge in [0.25, 0.3) is 0 Å².